The molecule has 31 heavy (non-hydrogen) atoms. The highest BCUT2D eigenvalue weighted by Crippen LogP contribution is 2.37. The van der Waals surface area contributed by atoms with Crippen molar-refractivity contribution >= 4 is 33.6 Å². The zero-order chi connectivity index (χ0) is 22.6. The summed E-state index contributed by atoms with van der Waals surface area (Å²) in [5.74, 6) is -2.78. The van der Waals surface area contributed by atoms with Gasteiger partial charge < -0.3 is 4.74 Å². The monoisotopic (exact) mass is 447 g/mol. The van der Waals surface area contributed by atoms with Crippen molar-refractivity contribution in [2.75, 3.05) is 7.11 Å². The molecule has 1 fully saturated rings. The lowest BCUT2D eigenvalue weighted by Gasteiger charge is -2.31. The third-order valence-corrected chi connectivity index (χ3v) is 7.00. The van der Waals surface area contributed by atoms with Gasteiger partial charge in [0.25, 0.3) is 0 Å². The van der Waals surface area contributed by atoms with Crippen molar-refractivity contribution in [3.05, 3.63) is 40.6 Å². The highest BCUT2D eigenvalue weighted by atomic mass is 32.2. The van der Waals surface area contributed by atoms with Gasteiger partial charge >= 0.3 is 12.0 Å². The first kappa shape index (κ1) is 21.1. The van der Waals surface area contributed by atoms with Crippen molar-refractivity contribution in [1.29, 1.82) is 0 Å². The van der Waals surface area contributed by atoms with Crippen LogP contribution in [0.4, 0.5) is 4.79 Å². The van der Waals surface area contributed by atoms with Gasteiger partial charge in [0.1, 0.15) is 5.92 Å². The van der Waals surface area contributed by atoms with E-state index in [2.05, 4.69) is 14.8 Å². The first-order valence-corrected chi connectivity index (χ1v) is 11.0. The molecule has 0 spiro atoms. The number of nitrogens with one attached hydrogen (secondary N) is 1. The Bertz CT molecular complexity index is 1190. The van der Waals surface area contributed by atoms with Crippen molar-refractivity contribution in [1.82, 2.24) is 19.4 Å². The van der Waals surface area contributed by atoms with E-state index in [1.807, 2.05) is 0 Å². The maximum Gasteiger partial charge on any atom is 0.350 e. The van der Waals surface area contributed by atoms with E-state index in [0.717, 1.165) is 18.1 Å². The van der Waals surface area contributed by atoms with Crippen LogP contribution in [0.15, 0.2) is 40.0 Å². The van der Waals surface area contributed by atoms with Crippen LogP contribution in [0.2, 0.25) is 0 Å². The number of nitrogens with zero attached hydrogens (tertiary/aromatic N) is 4. The Morgan fingerprint density at radius 3 is 2.65 bits per heavy atom. The second kappa shape index (κ2) is 7.24. The summed E-state index contributed by atoms with van der Waals surface area (Å²) >= 11 is 0. The summed E-state index contributed by atoms with van der Waals surface area (Å²) in [7, 11) is -1.19. The number of esters is 1. The lowest BCUT2D eigenvalue weighted by Crippen LogP contribution is -2.48. The number of aromatic nitrogens is 2. The molecule has 11 nitrogen and oxygen atoms in total. The number of ether oxygens (including phenoxy) is 1. The van der Waals surface area contributed by atoms with Crippen LogP contribution in [-0.2, 0) is 37.9 Å². The first-order chi connectivity index (χ1) is 14.5. The summed E-state index contributed by atoms with van der Waals surface area (Å²) in [6, 6.07) is -0.849. The number of hydrogen-bond donors (Lipinski definition) is 1. The average Bonchev–Trinajstić information content (AvgIpc) is 3.27. The summed E-state index contributed by atoms with van der Waals surface area (Å²) in [5.41, 5.74) is -0.311. The Labute approximate surface area is 178 Å². The standard InChI is InChI=1S/C19H21N5O6S/c1-19(4-5-19)22-31(28,29)12-6-13-15(14(7-12)17(26)30-3)21-18(27)24(16(13)25)10-11-8-20-23(2)9-11/h6-9,13,22H,4-5,10H2,1-3H3. The fourth-order valence-electron chi connectivity index (χ4n) is 3.41. The number of sulfonamides is 1. The van der Waals surface area contributed by atoms with Gasteiger partial charge in [-0.15, -0.1) is 0 Å². The predicted molar refractivity (Wildman–Crippen MR) is 108 cm³/mol. The smallest absolute Gasteiger partial charge is 0.350 e. The second-order valence-corrected chi connectivity index (χ2v) is 9.67. The molecule has 1 atom stereocenters. The third kappa shape index (κ3) is 3.95. The van der Waals surface area contributed by atoms with E-state index in [1.165, 1.54) is 17.0 Å². The van der Waals surface area contributed by atoms with Crippen LogP contribution >= 0.6 is 0 Å². The Kier molecular flexibility index (Phi) is 4.93. The number of methoxy groups -OCH3 is 1. The molecular formula is C19H21N5O6S. The zero-order valence-electron chi connectivity index (χ0n) is 17.2. The van der Waals surface area contributed by atoms with E-state index in [4.69, 9.17) is 4.74 Å². The molecule has 1 aromatic rings. The molecule has 1 aliphatic heterocycles. The van der Waals surface area contributed by atoms with Gasteiger partial charge in [-0.3, -0.25) is 14.4 Å². The fraction of sp³-hybridized carbons (Fsp3) is 0.421. The molecule has 1 aromatic heterocycles. The van der Waals surface area contributed by atoms with Crippen molar-refractivity contribution in [2.45, 2.75) is 31.8 Å². The molecule has 3 aliphatic rings. The van der Waals surface area contributed by atoms with E-state index in [-0.39, 0.29) is 22.7 Å². The summed E-state index contributed by atoms with van der Waals surface area (Å²) in [6.07, 6.45) is 6.83. The molecule has 1 N–H and O–H groups in total. The van der Waals surface area contributed by atoms with Gasteiger partial charge in [-0.05, 0) is 31.9 Å². The highest BCUT2D eigenvalue weighted by molar-refractivity contribution is 7.93. The first-order valence-electron chi connectivity index (χ1n) is 9.51. The molecule has 1 unspecified atom stereocenters. The fourth-order valence-corrected chi connectivity index (χ4v) is 4.97. The van der Waals surface area contributed by atoms with Crippen LogP contribution in [0.25, 0.3) is 0 Å². The summed E-state index contributed by atoms with van der Waals surface area (Å²) in [6.45, 7) is 1.69. The molecule has 0 saturated heterocycles. The van der Waals surface area contributed by atoms with Crippen LogP contribution in [0.3, 0.4) is 0 Å². The van der Waals surface area contributed by atoms with Gasteiger partial charge in [-0.2, -0.15) is 10.1 Å². The van der Waals surface area contributed by atoms with E-state index in [9.17, 15) is 22.8 Å². The zero-order valence-corrected chi connectivity index (χ0v) is 18.0. The number of hydrogen-bond acceptors (Lipinski definition) is 7. The predicted octanol–water partition coefficient (Wildman–Crippen LogP) is 0.408. The van der Waals surface area contributed by atoms with E-state index in [0.29, 0.717) is 18.4 Å². The summed E-state index contributed by atoms with van der Waals surface area (Å²) < 4.78 is 34.6. The number of allylic oxidation sites excluding steroid dienone is 1. The number of carbonyl (C=O) groups excluding carboxylic acids is 3. The van der Waals surface area contributed by atoms with Crippen molar-refractivity contribution < 1.29 is 27.5 Å². The molecule has 1 saturated carbocycles. The number of aliphatic imine (C=N–C) groups is 1. The minimum absolute atomic E-state index is 0.0810. The molecule has 0 aromatic carbocycles. The van der Waals surface area contributed by atoms with Crippen LogP contribution < -0.4 is 4.72 Å². The number of amides is 3. The van der Waals surface area contributed by atoms with Crippen molar-refractivity contribution in [3.8, 4) is 0 Å². The van der Waals surface area contributed by atoms with Gasteiger partial charge in [-0.25, -0.2) is 22.7 Å². The molecular weight excluding hydrogens is 426 g/mol. The van der Waals surface area contributed by atoms with Gasteiger partial charge in [0.15, 0.2) is 0 Å². The van der Waals surface area contributed by atoms with E-state index in [1.54, 1.807) is 20.2 Å². The molecule has 3 amide bonds. The summed E-state index contributed by atoms with van der Waals surface area (Å²) in [5, 5.41) is 4.01. The van der Waals surface area contributed by atoms with E-state index >= 15 is 0 Å². The molecule has 164 valence electrons. The van der Waals surface area contributed by atoms with Gasteiger partial charge in [-0.1, -0.05) is 0 Å². The number of aryl methyl sites for hydroxylation is 1. The molecule has 0 radical (unpaired) electrons. The second-order valence-electron chi connectivity index (χ2n) is 7.99. The molecule has 4 rings (SSSR count). The third-order valence-electron chi connectivity index (χ3n) is 5.36. The van der Waals surface area contributed by atoms with E-state index < -0.39 is 39.4 Å². The summed E-state index contributed by atoms with van der Waals surface area (Å²) in [4.78, 5) is 42.6. The van der Waals surface area contributed by atoms with Crippen LogP contribution in [0.1, 0.15) is 25.3 Å². The Hall–Kier alpha value is -3.12. The van der Waals surface area contributed by atoms with Crippen molar-refractivity contribution in [2.24, 2.45) is 18.0 Å². The normalized spacial score (nSPS) is 22.4. The number of urea groups is 1. The largest absolute Gasteiger partial charge is 0.465 e. The number of rotatable bonds is 6. The lowest BCUT2D eigenvalue weighted by molar-refractivity contribution is -0.135. The topological polar surface area (TPSA) is 140 Å². The molecule has 0 bridgehead atoms. The molecule has 2 aliphatic carbocycles. The molecule has 12 heteroatoms. The minimum Gasteiger partial charge on any atom is -0.465 e. The Morgan fingerprint density at radius 2 is 2.06 bits per heavy atom. The quantitative estimate of drug-likeness (QED) is 0.623. The SMILES string of the molecule is COC(=O)C1=CC(S(=O)(=O)NC2(C)CC2)=CC2C(=O)N(Cc3cnn(C)c3)C(=O)N=C12. The Morgan fingerprint density at radius 1 is 1.35 bits per heavy atom. The van der Waals surface area contributed by atoms with Crippen LogP contribution in [0.5, 0.6) is 0 Å². The van der Waals surface area contributed by atoms with Gasteiger partial charge in [0.2, 0.25) is 15.9 Å². The van der Waals surface area contributed by atoms with Gasteiger partial charge in [0.05, 0.1) is 36.0 Å². The van der Waals surface area contributed by atoms with Gasteiger partial charge in [0, 0.05) is 24.3 Å². The lowest BCUT2D eigenvalue weighted by atomic mass is 9.89. The number of carbonyl (C=O) groups is 3. The minimum atomic E-state index is -4.01. The van der Waals surface area contributed by atoms with Crippen LogP contribution in [0, 0.1) is 5.92 Å². The average molecular weight is 447 g/mol. The highest BCUT2D eigenvalue weighted by Gasteiger charge is 2.45. The molecule has 2 heterocycles. The van der Waals surface area contributed by atoms with Crippen molar-refractivity contribution in [3.63, 3.8) is 0 Å². The number of fused-ring (bicyclic) bond motifs is 1. The van der Waals surface area contributed by atoms with Crippen LogP contribution in [-0.4, -0.2) is 59.4 Å². The number of imide groups is 1. The maximum atomic E-state index is 13.2. The Balaban J connectivity index is 1.74. The maximum absolute atomic E-state index is 13.2.